The molecular weight excluding hydrogens is 807 g/mol. The van der Waals surface area contributed by atoms with Gasteiger partial charge in [0.1, 0.15) is 28.4 Å². The van der Waals surface area contributed by atoms with Crippen LogP contribution in [0, 0.1) is 25.2 Å². The number of rotatable bonds is 6. The molecule has 5 heteroatoms. The summed E-state index contributed by atoms with van der Waals surface area (Å²) in [5.74, 6) is 0. The van der Waals surface area contributed by atoms with E-state index in [2.05, 4.69) is 229 Å². The van der Waals surface area contributed by atoms with Gasteiger partial charge in [0.15, 0.2) is 0 Å². The van der Waals surface area contributed by atoms with Crippen LogP contribution in [0.4, 0.5) is 34.1 Å². The van der Waals surface area contributed by atoms with Gasteiger partial charge in [-0.1, -0.05) is 126 Å². The third kappa shape index (κ3) is 6.67. The third-order valence-corrected chi connectivity index (χ3v) is 13.3. The summed E-state index contributed by atoms with van der Waals surface area (Å²) in [5.41, 5.74) is 14.7. The van der Waals surface area contributed by atoms with E-state index in [0.717, 1.165) is 88.4 Å². The van der Waals surface area contributed by atoms with Crippen molar-refractivity contribution >= 4 is 99.5 Å². The molecule has 0 bridgehead atoms. The van der Waals surface area contributed by atoms with Gasteiger partial charge in [0.2, 0.25) is 0 Å². The molecule has 0 amide bonds. The van der Waals surface area contributed by atoms with Gasteiger partial charge in [0.25, 0.3) is 0 Å². The zero-order chi connectivity index (χ0) is 45.6. The SMILES string of the molecule is Cc1ccccc1N(c1ccc2cc3c(cc2c1)oc1cc2oc4cc5cc(N(c6ccccc6C)c6ccccc6C(C)(C)C)ccc5cc4c2c(C#N)c13)c1ccccc1C(C)(C)C. The van der Waals surface area contributed by atoms with Gasteiger partial charge in [-0.05, 0) is 141 Å². The average molecular weight is 858 g/mol. The molecule has 11 aromatic rings. The van der Waals surface area contributed by atoms with Crippen LogP contribution in [0.1, 0.15) is 69.4 Å². The maximum absolute atomic E-state index is 11.0. The van der Waals surface area contributed by atoms with E-state index < -0.39 is 0 Å². The van der Waals surface area contributed by atoms with Crippen molar-refractivity contribution in [1.29, 1.82) is 5.26 Å². The fraction of sp³-hybridized carbons (Fsp3) is 0.164. The molecular formula is C61H51N3O2. The van der Waals surface area contributed by atoms with Gasteiger partial charge >= 0.3 is 0 Å². The molecule has 11 rings (SSSR count). The molecule has 0 radical (unpaired) electrons. The summed E-state index contributed by atoms with van der Waals surface area (Å²) < 4.78 is 13.4. The smallest absolute Gasteiger partial charge is 0.140 e. The predicted molar refractivity (Wildman–Crippen MR) is 277 cm³/mol. The molecule has 66 heavy (non-hydrogen) atoms. The van der Waals surface area contributed by atoms with E-state index in [0.29, 0.717) is 16.7 Å². The van der Waals surface area contributed by atoms with E-state index >= 15 is 0 Å². The van der Waals surface area contributed by atoms with E-state index in [4.69, 9.17) is 8.83 Å². The zero-order valence-corrected chi connectivity index (χ0v) is 38.7. The van der Waals surface area contributed by atoms with Crippen LogP contribution in [-0.4, -0.2) is 0 Å². The van der Waals surface area contributed by atoms with Crippen molar-refractivity contribution < 1.29 is 8.83 Å². The summed E-state index contributed by atoms with van der Waals surface area (Å²) in [5, 5.41) is 18.6. The lowest BCUT2D eigenvalue weighted by Gasteiger charge is -2.33. The minimum Gasteiger partial charge on any atom is -0.456 e. The lowest BCUT2D eigenvalue weighted by atomic mass is 9.85. The van der Waals surface area contributed by atoms with Crippen molar-refractivity contribution in [2.24, 2.45) is 0 Å². The molecule has 0 fully saturated rings. The number of furan rings is 2. The van der Waals surface area contributed by atoms with E-state index in [1.165, 1.54) is 22.3 Å². The molecule has 0 atom stereocenters. The van der Waals surface area contributed by atoms with Gasteiger partial charge in [-0.15, -0.1) is 0 Å². The van der Waals surface area contributed by atoms with E-state index in [-0.39, 0.29) is 10.8 Å². The van der Waals surface area contributed by atoms with Gasteiger partial charge in [0, 0.05) is 61.7 Å². The number of anilines is 6. The van der Waals surface area contributed by atoms with Crippen LogP contribution >= 0.6 is 0 Å². The van der Waals surface area contributed by atoms with Crippen molar-refractivity contribution in [2.75, 3.05) is 9.80 Å². The summed E-state index contributed by atoms with van der Waals surface area (Å²) in [6.07, 6.45) is 0. The van der Waals surface area contributed by atoms with Crippen LogP contribution in [0.2, 0.25) is 0 Å². The minimum absolute atomic E-state index is 0.0720. The highest BCUT2D eigenvalue weighted by Gasteiger charge is 2.27. The van der Waals surface area contributed by atoms with E-state index in [9.17, 15) is 5.26 Å². The monoisotopic (exact) mass is 857 g/mol. The number of nitriles is 1. The second-order valence-corrected chi connectivity index (χ2v) is 19.9. The highest BCUT2D eigenvalue weighted by molar-refractivity contribution is 6.22. The van der Waals surface area contributed by atoms with Crippen molar-refractivity contribution in [3.05, 3.63) is 192 Å². The lowest BCUT2D eigenvalue weighted by molar-refractivity contribution is 0.590. The van der Waals surface area contributed by atoms with E-state index in [1.54, 1.807) is 0 Å². The molecule has 0 aliphatic rings. The van der Waals surface area contributed by atoms with Gasteiger partial charge in [-0.3, -0.25) is 0 Å². The predicted octanol–water partition coefficient (Wildman–Crippen LogP) is 17.8. The molecule has 0 saturated heterocycles. The number of aryl methyl sites for hydroxylation is 2. The summed E-state index contributed by atoms with van der Waals surface area (Å²) in [7, 11) is 0. The largest absolute Gasteiger partial charge is 0.456 e. The molecule has 0 saturated carbocycles. The third-order valence-electron chi connectivity index (χ3n) is 13.3. The number of hydrogen-bond acceptors (Lipinski definition) is 5. The normalized spacial score (nSPS) is 12.2. The quantitative estimate of drug-likeness (QED) is 0.167. The fourth-order valence-electron chi connectivity index (χ4n) is 10.1. The average Bonchev–Trinajstić information content (AvgIpc) is 3.84. The second kappa shape index (κ2) is 15.1. The van der Waals surface area contributed by atoms with Gasteiger partial charge in [-0.25, -0.2) is 0 Å². The topological polar surface area (TPSA) is 56.6 Å². The minimum atomic E-state index is -0.0720. The van der Waals surface area contributed by atoms with Crippen LogP contribution < -0.4 is 9.80 Å². The number of benzene rings is 9. The standard InChI is InChI=1S/C61H51N3O2/c1-37-17-9-13-21-50(37)63(52-23-15-11-19-48(52)60(3,4)5)43-27-25-39-31-45-54(33-41(39)29-43)65-56-35-57-59(47(36-62)58(45)56)46-32-40-26-28-44(30-42(40)34-55(46)66-57)64(51-22-14-10-18-38(51)2)53-24-16-12-20-49(53)61(6,7)8/h9-35H,1-8H3. The Hall–Kier alpha value is -7.81. The molecule has 0 aliphatic heterocycles. The molecule has 0 unspecified atom stereocenters. The van der Waals surface area contributed by atoms with Gasteiger partial charge in [0.05, 0.1) is 5.56 Å². The van der Waals surface area contributed by atoms with Crippen LogP contribution in [0.3, 0.4) is 0 Å². The Labute approximate surface area is 385 Å². The summed E-state index contributed by atoms with van der Waals surface area (Å²) in [6, 6.07) is 60.9. The molecule has 2 aromatic heterocycles. The molecule has 2 heterocycles. The lowest BCUT2D eigenvalue weighted by Crippen LogP contribution is -2.19. The maximum atomic E-state index is 11.0. The van der Waals surface area contributed by atoms with Crippen molar-refractivity contribution in [3.8, 4) is 6.07 Å². The first-order valence-electron chi connectivity index (χ1n) is 22.8. The summed E-state index contributed by atoms with van der Waals surface area (Å²) in [6.45, 7) is 17.9. The summed E-state index contributed by atoms with van der Waals surface area (Å²) >= 11 is 0. The maximum Gasteiger partial charge on any atom is 0.140 e. The number of nitrogens with zero attached hydrogens (tertiary/aromatic N) is 3. The van der Waals surface area contributed by atoms with Crippen molar-refractivity contribution in [2.45, 2.75) is 66.2 Å². The van der Waals surface area contributed by atoms with Gasteiger partial charge < -0.3 is 18.6 Å². The molecule has 0 N–H and O–H groups in total. The molecule has 5 nitrogen and oxygen atoms in total. The van der Waals surface area contributed by atoms with Crippen LogP contribution in [-0.2, 0) is 10.8 Å². The number of fused-ring (bicyclic) bond motifs is 8. The van der Waals surface area contributed by atoms with Crippen LogP contribution in [0.25, 0.3) is 65.4 Å². The fourth-order valence-corrected chi connectivity index (χ4v) is 10.1. The Morgan fingerprint density at radius 2 is 0.803 bits per heavy atom. The Bertz CT molecular complexity index is 3550. The van der Waals surface area contributed by atoms with E-state index in [1.807, 2.05) is 6.07 Å². The van der Waals surface area contributed by atoms with Crippen molar-refractivity contribution in [1.82, 2.24) is 0 Å². The highest BCUT2D eigenvalue weighted by Crippen LogP contribution is 2.47. The van der Waals surface area contributed by atoms with Gasteiger partial charge in [-0.2, -0.15) is 5.26 Å². The number of para-hydroxylation sites is 4. The molecule has 0 aliphatic carbocycles. The summed E-state index contributed by atoms with van der Waals surface area (Å²) in [4.78, 5) is 4.75. The molecule has 9 aromatic carbocycles. The zero-order valence-electron chi connectivity index (χ0n) is 38.7. The highest BCUT2D eigenvalue weighted by atomic mass is 16.3. The van der Waals surface area contributed by atoms with Crippen LogP contribution in [0.15, 0.2) is 173 Å². The number of hydrogen-bond donors (Lipinski definition) is 0. The molecule has 322 valence electrons. The van der Waals surface area contributed by atoms with Crippen molar-refractivity contribution in [3.63, 3.8) is 0 Å². The Balaban J connectivity index is 1.05. The Morgan fingerprint density at radius 3 is 1.20 bits per heavy atom. The Kier molecular flexibility index (Phi) is 9.39. The van der Waals surface area contributed by atoms with Crippen LogP contribution in [0.5, 0.6) is 0 Å². The Morgan fingerprint density at radius 1 is 0.409 bits per heavy atom. The second-order valence-electron chi connectivity index (χ2n) is 19.9. The first kappa shape index (κ1) is 40.9. The molecule has 0 spiro atoms. The first-order chi connectivity index (χ1) is 31.8. The first-order valence-corrected chi connectivity index (χ1v) is 22.8.